The van der Waals surface area contributed by atoms with Crippen LogP contribution in [0.15, 0.2) is 48.9 Å². The first kappa shape index (κ1) is 19.5. The molecule has 152 valence electrons. The first-order valence-corrected chi connectivity index (χ1v) is 10.0. The highest BCUT2D eigenvalue weighted by atomic mass is 16.5. The van der Waals surface area contributed by atoms with Crippen LogP contribution in [0.2, 0.25) is 0 Å². The average molecular weight is 394 g/mol. The Bertz CT molecular complexity index is 967. The molecule has 0 radical (unpaired) electrons. The van der Waals surface area contributed by atoms with Gasteiger partial charge in [0.05, 0.1) is 18.0 Å². The van der Waals surface area contributed by atoms with Gasteiger partial charge in [0.2, 0.25) is 0 Å². The van der Waals surface area contributed by atoms with Crippen molar-refractivity contribution in [1.29, 1.82) is 0 Å². The number of amides is 1. The number of pyridine rings is 1. The van der Waals surface area contributed by atoms with Gasteiger partial charge in [-0.2, -0.15) is 0 Å². The Kier molecular flexibility index (Phi) is 5.87. The van der Waals surface area contributed by atoms with Gasteiger partial charge in [-0.15, -0.1) is 0 Å². The molecule has 1 unspecified atom stereocenters. The van der Waals surface area contributed by atoms with Crippen LogP contribution in [0.5, 0.6) is 0 Å². The molecule has 0 aliphatic carbocycles. The van der Waals surface area contributed by atoms with Gasteiger partial charge in [-0.1, -0.05) is 30.3 Å². The molecule has 3 heterocycles. The van der Waals surface area contributed by atoms with Crippen molar-refractivity contribution in [2.24, 2.45) is 0 Å². The van der Waals surface area contributed by atoms with Gasteiger partial charge in [0.1, 0.15) is 5.52 Å². The number of carbonyl (C=O) groups excluding carboxylic acids is 1. The second-order valence-corrected chi connectivity index (χ2v) is 7.50. The number of fused-ring (bicyclic) bond motifs is 1. The van der Waals surface area contributed by atoms with Crippen LogP contribution in [-0.2, 0) is 4.74 Å². The Hall–Kier alpha value is -2.77. The van der Waals surface area contributed by atoms with Gasteiger partial charge in [-0.05, 0) is 30.9 Å². The molecule has 29 heavy (non-hydrogen) atoms. The second-order valence-electron chi connectivity index (χ2n) is 7.50. The number of aromatic nitrogens is 3. The fourth-order valence-corrected chi connectivity index (χ4v) is 3.75. The van der Waals surface area contributed by atoms with Crippen LogP contribution in [0.25, 0.3) is 11.2 Å². The molecule has 1 N–H and O–H groups in total. The zero-order valence-corrected chi connectivity index (χ0v) is 16.6. The van der Waals surface area contributed by atoms with Crippen molar-refractivity contribution in [2.45, 2.75) is 31.4 Å². The number of hydrogen-bond acceptors (Lipinski definition) is 5. The van der Waals surface area contributed by atoms with Crippen LogP contribution < -0.4 is 0 Å². The number of benzene rings is 1. The molecule has 1 aromatic carbocycles. The predicted octanol–water partition coefficient (Wildman–Crippen LogP) is 2.98. The number of ether oxygens (including phenoxy) is 1. The monoisotopic (exact) mass is 394 g/mol. The third kappa shape index (κ3) is 4.31. The smallest absolute Gasteiger partial charge is 0.255 e. The zero-order chi connectivity index (χ0) is 20.2. The molecule has 7 heteroatoms. The van der Waals surface area contributed by atoms with E-state index in [4.69, 9.17) is 4.74 Å². The van der Waals surface area contributed by atoms with Gasteiger partial charge >= 0.3 is 0 Å². The number of nitrogens with zero attached hydrogens (tertiary/aromatic N) is 4. The van der Waals surface area contributed by atoms with Gasteiger partial charge in [0.25, 0.3) is 5.91 Å². The van der Waals surface area contributed by atoms with E-state index in [9.17, 15) is 9.90 Å². The van der Waals surface area contributed by atoms with Gasteiger partial charge in [-0.3, -0.25) is 4.79 Å². The first-order chi connectivity index (χ1) is 14.1. The summed E-state index contributed by atoms with van der Waals surface area (Å²) in [6.45, 7) is 1.95. The molecule has 1 atom stereocenters. The Morgan fingerprint density at radius 2 is 2.03 bits per heavy atom. The van der Waals surface area contributed by atoms with Crippen molar-refractivity contribution in [3.8, 4) is 0 Å². The summed E-state index contributed by atoms with van der Waals surface area (Å²) in [5.74, 6) is -0.125. The number of carbonyl (C=O) groups is 1. The van der Waals surface area contributed by atoms with Gasteiger partial charge < -0.3 is 19.3 Å². The molecule has 1 aliphatic rings. The molecular formula is C22H26N4O3. The number of hydrogen-bond donors (Lipinski definition) is 1. The van der Waals surface area contributed by atoms with E-state index in [2.05, 4.69) is 14.5 Å². The summed E-state index contributed by atoms with van der Waals surface area (Å²) in [5, 5.41) is 10.3. The van der Waals surface area contributed by atoms with E-state index >= 15 is 0 Å². The summed E-state index contributed by atoms with van der Waals surface area (Å²) in [6, 6.07) is 11.6. The third-order valence-corrected chi connectivity index (χ3v) is 5.51. The number of imidazole rings is 1. The van der Waals surface area contributed by atoms with Crippen molar-refractivity contribution in [3.05, 3.63) is 60.0 Å². The molecule has 7 nitrogen and oxygen atoms in total. The molecule has 0 spiro atoms. The summed E-state index contributed by atoms with van der Waals surface area (Å²) < 4.78 is 7.52. The second kappa shape index (κ2) is 8.71. The number of aliphatic hydroxyl groups is 1. The Labute approximate surface area is 170 Å². The lowest BCUT2D eigenvalue weighted by Gasteiger charge is -2.23. The molecule has 3 aromatic rings. The normalized spacial score (nSPS) is 16.1. The molecule has 1 fully saturated rings. The molecule has 0 bridgehead atoms. The van der Waals surface area contributed by atoms with E-state index in [1.54, 1.807) is 24.2 Å². The summed E-state index contributed by atoms with van der Waals surface area (Å²) in [4.78, 5) is 23.4. The lowest BCUT2D eigenvalue weighted by atomic mass is 10.1. The third-order valence-electron chi connectivity index (χ3n) is 5.51. The minimum absolute atomic E-state index is 0.125. The van der Waals surface area contributed by atoms with E-state index in [0.717, 1.165) is 42.8 Å². The lowest BCUT2D eigenvalue weighted by Crippen LogP contribution is -2.28. The van der Waals surface area contributed by atoms with Crippen molar-refractivity contribution < 1.29 is 14.6 Å². The van der Waals surface area contributed by atoms with E-state index in [1.165, 1.54) is 0 Å². The highest BCUT2D eigenvalue weighted by molar-refractivity contribution is 5.96. The highest BCUT2D eigenvalue weighted by Crippen LogP contribution is 2.25. The maximum Gasteiger partial charge on any atom is 0.255 e. The molecule has 2 aromatic heterocycles. The summed E-state index contributed by atoms with van der Waals surface area (Å²) >= 11 is 0. The summed E-state index contributed by atoms with van der Waals surface area (Å²) in [5.41, 5.74) is 2.89. The van der Waals surface area contributed by atoms with Gasteiger partial charge in [0, 0.05) is 39.0 Å². The highest BCUT2D eigenvalue weighted by Gasteiger charge is 2.20. The van der Waals surface area contributed by atoms with Crippen molar-refractivity contribution in [3.63, 3.8) is 0 Å². The van der Waals surface area contributed by atoms with Crippen LogP contribution in [0, 0.1) is 0 Å². The first-order valence-electron chi connectivity index (χ1n) is 10.0. The van der Waals surface area contributed by atoms with Crippen molar-refractivity contribution >= 4 is 17.1 Å². The maximum absolute atomic E-state index is 12.8. The quantitative estimate of drug-likeness (QED) is 0.695. The summed E-state index contributed by atoms with van der Waals surface area (Å²) in [7, 11) is 1.74. The fraction of sp³-hybridized carbons (Fsp3) is 0.409. The van der Waals surface area contributed by atoms with Crippen LogP contribution in [0.3, 0.4) is 0 Å². The van der Waals surface area contributed by atoms with E-state index in [-0.39, 0.29) is 5.91 Å². The largest absolute Gasteiger partial charge is 0.388 e. The Morgan fingerprint density at radius 3 is 2.79 bits per heavy atom. The zero-order valence-electron chi connectivity index (χ0n) is 16.6. The molecule has 1 aliphatic heterocycles. The van der Waals surface area contributed by atoms with Crippen LogP contribution >= 0.6 is 0 Å². The van der Waals surface area contributed by atoms with E-state index < -0.39 is 6.10 Å². The van der Waals surface area contributed by atoms with Crippen LogP contribution in [0.1, 0.15) is 47.3 Å². The Balaban J connectivity index is 1.42. The minimum Gasteiger partial charge on any atom is -0.388 e. The lowest BCUT2D eigenvalue weighted by molar-refractivity contribution is 0.0704. The van der Waals surface area contributed by atoms with Crippen LogP contribution in [0.4, 0.5) is 0 Å². The predicted molar refractivity (Wildman–Crippen MR) is 110 cm³/mol. The standard InChI is InChI=1S/C22H26N4O3/c1-25(10-7-20(27)16-5-3-2-4-6-16)22(28)17-13-19-21(23-14-17)26(15-24-19)18-8-11-29-12-9-18/h2-6,13-15,18,20,27H,7-12H2,1H3. The number of aliphatic hydroxyl groups excluding tert-OH is 1. The minimum atomic E-state index is -0.595. The van der Waals surface area contributed by atoms with Gasteiger partial charge in [-0.25, -0.2) is 9.97 Å². The molecule has 1 saturated heterocycles. The van der Waals surface area contributed by atoms with Crippen LogP contribution in [-0.4, -0.2) is 57.3 Å². The molecular weight excluding hydrogens is 368 g/mol. The van der Waals surface area contributed by atoms with Gasteiger partial charge in [0.15, 0.2) is 5.65 Å². The summed E-state index contributed by atoms with van der Waals surface area (Å²) in [6.07, 6.45) is 5.19. The number of rotatable bonds is 6. The van der Waals surface area contributed by atoms with E-state index in [1.807, 2.05) is 36.7 Å². The molecule has 0 saturated carbocycles. The molecule has 1 amide bonds. The fourth-order valence-electron chi connectivity index (χ4n) is 3.75. The maximum atomic E-state index is 12.8. The topological polar surface area (TPSA) is 80.5 Å². The van der Waals surface area contributed by atoms with Crippen molar-refractivity contribution in [1.82, 2.24) is 19.4 Å². The molecule has 4 rings (SSSR count). The average Bonchev–Trinajstić information content (AvgIpc) is 3.21. The SMILES string of the molecule is CN(CCC(O)c1ccccc1)C(=O)c1cnc2c(c1)ncn2C1CCOCC1. The Morgan fingerprint density at radius 1 is 1.28 bits per heavy atom. The van der Waals surface area contributed by atoms with Crippen molar-refractivity contribution in [2.75, 3.05) is 26.8 Å². The van der Waals surface area contributed by atoms with E-state index in [0.29, 0.717) is 24.6 Å².